The fraction of sp³-hybridized carbons (Fsp3) is 0.778. The first-order valence-corrected chi connectivity index (χ1v) is 5.48. The SMILES string of the molecule is NC[C@@H]1CCCN(C(=O)Cn2cnnn2)C1. The molecule has 1 fully saturated rings. The van der Waals surface area contributed by atoms with Crippen LogP contribution in [0, 0.1) is 5.92 Å². The van der Waals surface area contributed by atoms with Gasteiger partial charge in [-0.05, 0) is 35.7 Å². The molecule has 88 valence electrons. The van der Waals surface area contributed by atoms with Crippen LogP contribution in [0.25, 0.3) is 0 Å². The summed E-state index contributed by atoms with van der Waals surface area (Å²) in [7, 11) is 0. The molecule has 2 rings (SSSR count). The average molecular weight is 224 g/mol. The monoisotopic (exact) mass is 224 g/mol. The highest BCUT2D eigenvalue weighted by atomic mass is 16.2. The lowest BCUT2D eigenvalue weighted by Gasteiger charge is -2.32. The van der Waals surface area contributed by atoms with Gasteiger partial charge in [0.15, 0.2) is 0 Å². The third-order valence-electron chi connectivity index (χ3n) is 2.89. The Labute approximate surface area is 93.6 Å². The molecule has 0 spiro atoms. The molecule has 0 unspecified atom stereocenters. The average Bonchev–Trinajstić information content (AvgIpc) is 2.82. The van der Waals surface area contributed by atoms with Crippen LogP contribution in [0.4, 0.5) is 0 Å². The first-order chi connectivity index (χ1) is 7.79. The third-order valence-corrected chi connectivity index (χ3v) is 2.89. The zero-order valence-electron chi connectivity index (χ0n) is 9.12. The maximum Gasteiger partial charge on any atom is 0.244 e. The predicted octanol–water partition coefficient (Wildman–Crippen LogP) is -1.13. The van der Waals surface area contributed by atoms with Crippen molar-refractivity contribution in [1.29, 1.82) is 0 Å². The fourth-order valence-corrected chi connectivity index (χ4v) is 1.98. The van der Waals surface area contributed by atoms with Gasteiger partial charge in [-0.3, -0.25) is 4.79 Å². The molecule has 1 aromatic heterocycles. The van der Waals surface area contributed by atoms with Crippen LogP contribution in [0.1, 0.15) is 12.8 Å². The van der Waals surface area contributed by atoms with Crippen molar-refractivity contribution in [3.8, 4) is 0 Å². The summed E-state index contributed by atoms with van der Waals surface area (Å²) < 4.78 is 1.44. The van der Waals surface area contributed by atoms with E-state index in [1.807, 2.05) is 4.90 Å². The number of tetrazole rings is 1. The zero-order valence-corrected chi connectivity index (χ0v) is 9.12. The van der Waals surface area contributed by atoms with Gasteiger partial charge in [0.25, 0.3) is 0 Å². The van der Waals surface area contributed by atoms with Crippen molar-refractivity contribution >= 4 is 5.91 Å². The van der Waals surface area contributed by atoms with Crippen molar-refractivity contribution in [2.24, 2.45) is 11.7 Å². The molecule has 0 aromatic carbocycles. The topological polar surface area (TPSA) is 89.9 Å². The smallest absolute Gasteiger partial charge is 0.244 e. The molecule has 7 heteroatoms. The molecule has 1 atom stereocenters. The molecule has 0 radical (unpaired) electrons. The van der Waals surface area contributed by atoms with Crippen LogP contribution in [0.3, 0.4) is 0 Å². The number of carbonyl (C=O) groups excluding carboxylic acids is 1. The van der Waals surface area contributed by atoms with E-state index in [1.54, 1.807) is 0 Å². The molecule has 16 heavy (non-hydrogen) atoms. The first kappa shape index (κ1) is 11.0. The molecule has 7 nitrogen and oxygen atoms in total. The van der Waals surface area contributed by atoms with Gasteiger partial charge in [0.1, 0.15) is 12.9 Å². The highest BCUT2D eigenvalue weighted by Gasteiger charge is 2.22. The molecule has 2 N–H and O–H groups in total. The van der Waals surface area contributed by atoms with E-state index in [4.69, 9.17) is 5.73 Å². The molecule has 0 aliphatic carbocycles. The minimum absolute atomic E-state index is 0.0606. The second-order valence-corrected chi connectivity index (χ2v) is 4.09. The second-order valence-electron chi connectivity index (χ2n) is 4.09. The normalized spacial score (nSPS) is 21.1. The zero-order chi connectivity index (χ0) is 11.4. The molecule has 0 bridgehead atoms. The van der Waals surface area contributed by atoms with Crippen molar-refractivity contribution in [2.75, 3.05) is 19.6 Å². The maximum absolute atomic E-state index is 11.9. The number of aromatic nitrogens is 4. The van der Waals surface area contributed by atoms with Gasteiger partial charge in [-0.25, -0.2) is 4.68 Å². The minimum Gasteiger partial charge on any atom is -0.341 e. The van der Waals surface area contributed by atoms with Gasteiger partial charge in [-0.15, -0.1) is 5.10 Å². The van der Waals surface area contributed by atoms with Crippen LogP contribution < -0.4 is 5.73 Å². The van der Waals surface area contributed by atoms with Crippen LogP contribution in [0.2, 0.25) is 0 Å². The number of nitrogens with zero attached hydrogens (tertiary/aromatic N) is 5. The Morgan fingerprint density at radius 3 is 3.12 bits per heavy atom. The van der Waals surface area contributed by atoms with Gasteiger partial charge < -0.3 is 10.6 Å². The molecule has 0 saturated carbocycles. The van der Waals surface area contributed by atoms with Crippen molar-refractivity contribution in [2.45, 2.75) is 19.4 Å². The summed E-state index contributed by atoms with van der Waals surface area (Å²) in [6.45, 7) is 2.44. The Morgan fingerprint density at radius 2 is 2.44 bits per heavy atom. The van der Waals surface area contributed by atoms with E-state index in [-0.39, 0.29) is 12.5 Å². The van der Waals surface area contributed by atoms with Gasteiger partial charge in [-0.1, -0.05) is 0 Å². The van der Waals surface area contributed by atoms with Crippen molar-refractivity contribution in [1.82, 2.24) is 25.1 Å². The lowest BCUT2D eigenvalue weighted by atomic mass is 9.98. The van der Waals surface area contributed by atoms with Crippen molar-refractivity contribution in [3.63, 3.8) is 0 Å². The molecule has 1 saturated heterocycles. The van der Waals surface area contributed by atoms with E-state index in [2.05, 4.69) is 15.5 Å². The van der Waals surface area contributed by atoms with E-state index in [0.29, 0.717) is 12.5 Å². The van der Waals surface area contributed by atoms with Gasteiger partial charge in [0.2, 0.25) is 5.91 Å². The van der Waals surface area contributed by atoms with Gasteiger partial charge >= 0.3 is 0 Å². The van der Waals surface area contributed by atoms with Gasteiger partial charge in [-0.2, -0.15) is 0 Å². The maximum atomic E-state index is 11.9. The molecular weight excluding hydrogens is 208 g/mol. The number of nitrogens with two attached hydrogens (primary N) is 1. The van der Waals surface area contributed by atoms with Crippen LogP contribution >= 0.6 is 0 Å². The number of hydrogen-bond acceptors (Lipinski definition) is 5. The number of likely N-dealkylation sites (tertiary alicyclic amines) is 1. The summed E-state index contributed by atoms with van der Waals surface area (Å²) in [5.74, 6) is 0.497. The number of hydrogen-bond donors (Lipinski definition) is 1. The highest BCUT2D eigenvalue weighted by molar-refractivity contribution is 5.75. The summed E-state index contributed by atoms with van der Waals surface area (Å²) in [6.07, 6.45) is 3.59. The Hall–Kier alpha value is -1.50. The second kappa shape index (κ2) is 5.02. The molecule has 1 aliphatic heterocycles. The van der Waals surface area contributed by atoms with Crippen LogP contribution in [-0.4, -0.2) is 50.6 Å². The number of carbonyl (C=O) groups is 1. The first-order valence-electron chi connectivity index (χ1n) is 5.48. The quantitative estimate of drug-likeness (QED) is 0.701. The van der Waals surface area contributed by atoms with E-state index in [1.165, 1.54) is 11.0 Å². The summed E-state index contributed by atoms with van der Waals surface area (Å²) >= 11 is 0. The highest BCUT2D eigenvalue weighted by Crippen LogP contribution is 2.15. The van der Waals surface area contributed by atoms with Crippen molar-refractivity contribution < 1.29 is 4.79 Å². The largest absolute Gasteiger partial charge is 0.341 e. The minimum atomic E-state index is 0.0606. The molecule has 1 aliphatic rings. The van der Waals surface area contributed by atoms with Crippen molar-refractivity contribution in [3.05, 3.63) is 6.33 Å². The van der Waals surface area contributed by atoms with Crippen LogP contribution in [-0.2, 0) is 11.3 Å². The third kappa shape index (κ3) is 2.54. The number of rotatable bonds is 3. The Balaban J connectivity index is 1.89. The fourth-order valence-electron chi connectivity index (χ4n) is 1.98. The predicted molar refractivity (Wildman–Crippen MR) is 56.2 cm³/mol. The van der Waals surface area contributed by atoms with E-state index in [0.717, 1.165) is 25.9 Å². The van der Waals surface area contributed by atoms with E-state index < -0.39 is 0 Å². The van der Waals surface area contributed by atoms with E-state index >= 15 is 0 Å². The Morgan fingerprint density at radius 1 is 1.56 bits per heavy atom. The summed E-state index contributed by atoms with van der Waals surface area (Å²) in [5, 5.41) is 10.7. The molecule has 1 amide bonds. The Bertz CT molecular complexity index is 338. The summed E-state index contributed by atoms with van der Waals surface area (Å²) in [4.78, 5) is 13.7. The van der Waals surface area contributed by atoms with Gasteiger partial charge in [0.05, 0.1) is 0 Å². The molecule has 2 heterocycles. The standard InChI is InChI=1S/C9H16N6O/c10-4-8-2-1-3-14(5-8)9(16)6-15-7-11-12-13-15/h7-8H,1-6,10H2/t8-/m0/s1. The summed E-state index contributed by atoms with van der Waals surface area (Å²) in [5.41, 5.74) is 5.63. The molecule has 1 aromatic rings. The Kier molecular flexibility index (Phi) is 3.45. The van der Waals surface area contributed by atoms with Gasteiger partial charge in [0, 0.05) is 13.1 Å². The van der Waals surface area contributed by atoms with E-state index in [9.17, 15) is 4.79 Å². The lowest BCUT2D eigenvalue weighted by molar-refractivity contribution is -0.133. The number of piperidine rings is 1. The van der Waals surface area contributed by atoms with Crippen LogP contribution in [0.5, 0.6) is 0 Å². The summed E-state index contributed by atoms with van der Waals surface area (Å²) in [6, 6.07) is 0. The molecular formula is C9H16N6O. The lowest BCUT2D eigenvalue weighted by Crippen LogP contribution is -2.43. The van der Waals surface area contributed by atoms with Crippen LogP contribution in [0.15, 0.2) is 6.33 Å². The number of amides is 1.